The van der Waals surface area contributed by atoms with E-state index in [1.165, 1.54) is 18.7 Å². The van der Waals surface area contributed by atoms with Gasteiger partial charge < -0.3 is 0 Å². The summed E-state index contributed by atoms with van der Waals surface area (Å²) in [5, 5.41) is 0. The minimum Gasteiger partial charge on any atom is -0.300 e. The number of hydrogen-bond acceptors (Lipinski definition) is 1. The maximum absolute atomic E-state index is 4.36. The van der Waals surface area contributed by atoms with Gasteiger partial charge in [0.25, 0.3) is 0 Å². The van der Waals surface area contributed by atoms with E-state index in [4.69, 9.17) is 0 Å². The molecular formula is C9H18I2N2. The van der Waals surface area contributed by atoms with E-state index < -0.39 is 0 Å². The molecule has 0 fully saturated rings. The molecule has 0 spiro atoms. The molecule has 0 aromatic rings. The third-order valence-electron chi connectivity index (χ3n) is 2.11. The number of rotatable bonds is 4. The first kappa shape index (κ1) is 13.9. The first-order chi connectivity index (χ1) is 6.08. The molecule has 78 valence electrons. The molecule has 0 atom stereocenters. The van der Waals surface area contributed by atoms with E-state index in [-0.39, 0.29) is 0 Å². The first-order valence-electron chi connectivity index (χ1n) is 4.72. The molecule has 0 aliphatic rings. The lowest BCUT2D eigenvalue weighted by molar-refractivity contribution is 0.522. The molecule has 0 aromatic carbocycles. The average molecular weight is 408 g/mol. The van der Waals surface area contributed by atoms with Crippen molar-refractivity contribution in [1.82, 2.24) is 3.11 Å². The van der Waals surface area contributed by atoms with E-state index in [1.54, 1.807) is 0 Å². The normalized spacial score (nSPS) is 12.8. The van der Waals surface area contributed by atoms with Crippen molar-refractivity contribution in [2.75, 3.05) is 0 Å². The molecule has 0 saturated heterocycles. The van der Waals surface area contributed by atoms with E-state index in [2.05, 4.69) is 79.7 Å². The Hall–Kier alpha value is 0.930. The third-order valence-corrected chi connectivity index (χ3v) is 4.21. The fourth-order valence-corrected chi connectivity index (χ4v) is 2.74. The Morgan fingerprint density at radius 3 is 2.00 bits per heavy atom. The van der Waals surface area contributed by atoms with Crippen LogP contribution in [-0.2, 0) is 0 Å². The van der Waals surface area contributed by atoms with Crippen molar-refractivity contribution in [2.24, 2.45) is 9.12 Å². The van der Waals surface area contributed by atoms with Crippen LogP contribution in [0.25, 0.3) is 0 Å². The Balaban J connectivity index is 4.50. The standard InChI is InChI=1S/C9H18I2N2/c1-5-8(6-2)9(12-10)13(11)7(3)4/h7-8H,5-6H2,1-4H3. The Kier molecular flexibility index (Phi) is 7.77. The summed E-state index contributed by atoms with van der Waals surface area (Å²) in [5.41, 5.74) is 0. The monoisotopic (exact) mass is 408 g/mol. The lowest BCUT2D eigenvalue weighted by atomic mass is 10.0. The minimum absolute atomic E-state index is 0.523. The fraction of sp³-hybridized carbons (Fsp3) is 0.889. The van der Waals surface area contributed by atoms with Gasteiger partial charge in [0.05, 0.1) is 45.7 Å². The second kappa shape index (κ2) is 7.25. The molecule has 0 aromatic heterocycles. The van der Waals surface area contributed by atoms with Gasteiger partial charge in [0, 0.05) is 12.0 Å². The number of halogens is 2. The van der Waals surface area contributed by atoms with Crippen LogP contribution in [0, 0.1) is 5.92 Å². The van der Waals surface area contributed by atoms with Gasteiger partial charge in [0.2, 0.25) is 0 Å². The van der Waals surface area contributed by atoms with Crippen LogP contribution in [0.3, 0.4) is 0 Å². The van der Waals surface area contributed by atoms with Crippen LogP contribution in [0.1, 0.15) is 40.5 Å². The maximum Gasteiger partial charge on any atom is 0.123 e. The topological polar surface area (TPSA) is 15.6 Å². The highest BCUT2D eigenvalue weighted by atomic mass is 127. The summed E-state index contributed by atoms with van der Waals surface area (Å²) in [4.78, 5) is 0. The SMILES string of the molecule is CCC(CC)C(=NI)N(I)C(C)C. The second-order valence-electron chi connectivity index (χ2n) is 3.36. The Bertz CT molecular complexity index is 161. The van der Waals surface area contributed by atoms with Crippen LogP contribution in [-0.4, -0.2) is 15.0 Å². The van der Waals surface area contributed by atoms with Crippen molar-refractivity contribution in [3.8, 4) is 0 Å². The van der Waals surface area contributed by atoms with Crippen LogP contribution in [0.15, 0.2) is 3.21 Å². The predicted molar refractivity (Wildman–Crippen MR) is 76.5 cm³/mol. The molecule has 4 heteroatoms. The zero-order chi connectivity index (χ0) is 10.4. The van der Waals surface area contributed by atoms with Crippen molar-refractivity contribution in [1.29, 1.82) is 0 Å². The van der Waals surface area contributed by atoms with Crippen LogP contribution in [0.2, 0.25) is 0 Å². The molecule has 0 amide bonds. The van der Waals surface area contributed by atoms with Gasteiger partial charge in [-0.2, -0.15) is 0 Å². The molecule has 0 bridgehead atoms. The van der Waals surface area contributed by atoms with Gasteiger partial charge in [-0.05, 0) is 26.7 Å². The molecular weight excluding hydrogens is 390 g/mol. The Morgan fingerprint density at radius 1 is 1.31 bits per heavy atom. The van der Waals surface area contributed by atoms with Crippen molar-refractivity contribution < 1.29 is 0 Å². The van der Waals surface area contributed by atoms with E-state index in [0.29, 0.717) is 12.0 Å². The fourth-order valence-electron chi connectivity index (χ4n) is 1.20. The largest absolute Gasteiger partial charge is 0.300 e. The summed E-state index contributed by atoms with van der Waals surface area (Å²) in [6.07, 6.45) is 2.34. The predicted octanol–water partition coefficient (Wildman–Crippen LogP) is 4.23. The van der Waals surface area contributed by atoms with Gasteiger partial charge in [0.15, 0.2) is 0 Å². The lowest BCUT2D eigenvalue weighted by Crippen LogP contribution is -2.32. The molecule has 0 saturated carbocycles. The molecule has 0 unspecified atom stereocenters. The van der Waals surface area contributed by atoms with E-state index in [9.17, 15) is 0 Å². The van der Waals surface area contributed by atoms with E-state index in [1.807, 2.05) is 0 Å². The zero-order valence-electron chi connectivity index (χ0n) is 8.72. The summed E-state index contributed by atoms with van der Waals surface area (Å²) >= 11 is 4.45. The minimum atomic E-state index is 0.523. The summed E-state index contributed by atoms with van der Waals surface area (Å²) in [5.74, 6) is 1.83. The van der Waals surface area contributed by atoms with Gasteiger partial charge in [0.1, 0.15) is 5.84 Å². The van der Waals surface area contributed by atoms with E-state index in [0.717, 1.165) is 0 Å². The summed E-state index contributed by atoms with van der Waals surface area (Å²) in [6.45, 7) is 8.83. The summed E-state index contributed by atoms with van der Waals surface area (Å²) in [7, 11) is 0. The zero-order valence-corrected chi connectivity index (χ0v) is 13.0. The van der Waals surface area contributed by atoms with E-state index >= 15 is 0 Å². The van der Waals surface area contributed by atoms with Crippen molar-refractivity contribution in [2.45, 2.75) is 46.6 Å². The third kappa shape index (κ3) is 4.31. The van der Waals surface area contributed by atoms with Crippen LogP contribution in [0.4, 0.5) is 0 Å². The molecule has 0 aliphatic carbocycles. The first-order valence-corrected chi connectivity index (χ1v) is 6.65. The Morgan fingerprint density at radius 2 is 1.77 bits per heavy atom. The number of amidine groups is 1. The summed E-state index contributed by atoms with van der Waals surface area (Å²) in [6, 6.07) is 0.523. The quantitative estimate of drug-likeness (QED) is 0.294. The highest BCUT2D eigenvalue weighted by molar-refractivity contribution is 14.1. The highest BCUT2D eigenvalue weighted by Crippen LogP contribution is 2.20. The molecule has 0 rings (SSSR count). The molecule has 0 N–H and O–H groups in total. The second-order valence-corrected chi connectivity index (χ2v) is 4.88. The van der Waals surface area contributed by atoms with Gasteiger partial charge in [-0.1, -0.05) is 13.8 Å². The van der Waals surface area contributed by atoms with Crippen molar-refractivity contribution >= 4 is 51.6 Å². The van der Waals surface area contributed by atoms with Crippen molar-refractivity contribution in [3.05, 3.63) is 0 Å². The lowest BCUT2D eigenvalue weighted by Gasteiger charge is -2.26. The Labute approximate surface area is 110 Å². The molecule has 13 heavy (non-hydrogen) atoms. The van der Waals surface area contributed by atoms with Gasteiger partial charge in [-0.15, -0.1) is 0 Å². The molecule has 2 nitrogen and oxygen atoms in total. The molecule has 0 heterocycles. The van der Waals surface area contributed by atoms with Crippen LogP contribution in [0.5, 0.6) is 0 Å². The van der Waals surface area contributed by atoms with Crippen molar-refractivity contribution in [3.63, 3.8) is 0 Å². The van der Waals surface area contributed by atoms with Crippen LogP contribution < -0.4 is 0 Å². The van der Waals surface area contributed by atoms with Gasteiger partial charge in [-0.25, -0.2) is 3.21 Å². The highest BCUT2D eigenvalue weighted by Gasteiger charge is 2.19. The van der Waals surface area contributed by atoms with Gasteiger partial charge >= 0.3 is 0 Å². The molecule has 0 aliphatic heterocycles. The summed E-state index contributed by atoms with van der Waals surface area (Å²) < 4.78 is 6.59. The maximum atomic E-state index is 4.36. The molecule has 0 radical (unpaired) electrons. The van der Waals surface area contributed by atoms with Crippen LogP contribution >= 0.6 is 45.7 Å². The number of nitrogens with zero attached hydrogens (tertiary/aromatic N) is 2. The average Bonchev–Trinajstić information content (AvgIpc) is 2.12. The van der Waals surface area contributed by atoms with Gasteiger partial charge in [-0.3, -0.25) is 3.11 Å². The number of hydrogen-bond donors (Lipinski definition) is 0. The smallest absolute Gasteiger partial charge is 0.123 e.